The molecule has 0 aromatic rings. The highest BCUT2D eigenvalue weighted by atomic mass is 16.2. The lowest BCUT2D eigenvalue weighted by Gasteiger charge is -2.27. The second kappa shape index (κ2) is 6.21. The van der Waals surface area contributed by atoms with Gasteiger partial charge in [-0.25, -0.2) is 0 Å². The summed E-state index contributed by atoms with van der Waals surface area (Å²) in [5.41, 5.74) is 5.76. The fourth-order valence-corrected chi connectivity index (χ4v) is 2.52. The zero-order valence-electron chi connectivity index (χ0n) is 10.8. The lowest BCUT2D eigenvalue weighted by Crippen LogP contribution is -2.45. The molecule has 2 atom stereocenters. The van der Waals surface area contributed by atoms with E-state index in [0.717, 1.165) is 26.1 Å². The highest BCUT2D eigenvalue weighted by molar-refractivity contribution is 5.78. The molecule has 0 aromatic heterocycles. The van der Waals surface area contributed by atoms with Gasteiger partial charge < -0.3 is 10.6 Å². The van der Waals surface area contributed by atoms with Crippen LogP contribution in [0.2, 0.25) is 0 Å². The minimum absolute atomic E-state index is 0.234. The molecule has 1 rings (SSSR count). The zero-order chi connectivity index (χ0) is 12.1. The number of carbonyl (C=O) groups excluding carboxylic acids is 1. The molecule has 4 heteroatoms. The molecular weight excluding hydrogens is 202 g/mol. The van der Waals surface area contributed by atoms with Crippen LogP contribution in [-0.4, -0.2) is 54.5 Å². The van der Waals surface area contributed by atoms with Gasteiger partial charge in [0.05, 0.1) is 6.54 Å². The van der Waals surface area contributed by atoms with Crippen molar-refractivity contribution in [3.63, 3.8) is 0 Å². The third-order valence-corrected chi connectivity index (χ3v) is 3.69. The van der Waals surface area contributed by atoms with E-state index in [9.17, 15) is 4.79 Å². The minimum atomic E-state index is 0.234. The molecule has 0 radical (unpaired) electrons. The molecule has 1 heterocycles. The molecule has 0 bridgehead atoms. The zero-order valence-corrected chi connectivity index (χ0v) is 10.8. The third kappa shape index (κ3) is 2.95. The molecule has 94 valence electrons. The van der Waals surface area contributed by atoms with Gasteiger partial charge in [-0.05, 0) is 32.7 Å². The first kappa shape index (κ1) is 13.5. The van der Waals surface area contributed by atoms with Gasteiger partial charge in [-0.15, -0.1) is 0 Å². The molecule has 2 N–H and O–H groups in total. The van der Waals surface area contributed by atoms with Gasteiger partial charge in [0, 0.05) is 25.7 Å². The Labute approximate surface area is 98.8 Å². The fourth-order valence-electron chi connectivity index (χ4n) is 2.52. The van der Waals surface area contributed by atoms with E-state index in [0.29, 0.717) is 25.0 Å². The lowest BCUT2D eigenvalue weighted by molar-refractivity contribution is -0.132. The molecule has 0 aromatic carbocycles. The van der Waals surface area contributed by atoms with Crippen LogP contribution in [0.4, 0.5) is 0 Å². The third-order valence-electron chi connectivity index (χ3n) is 3.69. The van der Waals surface area contributed by atoms with E-state index in [1.165, 1.54) is 0 Å². The SMILES string of the molecule is CCN(CC)C(=O)CN1CCC(C)C1CN. The van der Waals surface area contributed by atoms with Crippen molar-refractivity contribution in [3.05, 3.63) is 0 Å². The van der Waals surface area contributed by atoms with Crippen molar-refractivity contribution in [1.82, 2.24) is 9.80 Å². The standard InChI is InChI=1S/C12H25N3O/c1-4-14(5-2)12(16)9-15-7-6-10(3)11(15)8-13/h10-11H,4-9,13H2,1-3H3. The van der Waals surface area contributed by atoms with E-state index in [4.69, 9.17) is 5.73 Å². The number of hydrogen-bond donors (Lipinski definition) is 1. The number of amides is 1. The average molecular weight is 227 g/mol. The Kier molecular flexibility index (Phi) is 5.22. The van der Waals surface area contributed by atoms with Crippen LogP contribution in [0.15, 0.2) is 0 Å². The number of carbonyl (C=O) groups is 1. The van der Waals surface area contributed by atoms with Crippen LogP contribution < -0.4 is 5.73 Å². The Bertz CT molecular complexity index is 228. The molecule has 0 saturated carbocycles. The molecule has 16 heavy (non-hydrogen) atoms. The lowest BCUT2D eigenvalue weighted by atomic mass is 10.0. The van der Waals surface area contributed by atoms with Crippen molar-refractivity contribution in [2.45, 2.75) is 33.2 Å². The van der Waals surface area contributed by atoms with Gasteiger partial charge in [0.15, 0.2) is 0 Å². The van der Waals surface area contributed by atoms with E-state index in [1.54, 1.807) is 0 Å². The van der Waals surface area contributed by atoms with Crippen LogP contribution in [0.3, 0.4) is 0 Å². The molecular formula is C12H25N3O. The van der Waals surface area contributed by atoms with Crippen molar-refractivity contribution >= 4 is 5.91 Å². The molecule has 0 aliphatic carbocycles. The summed E-state index contributed by atoms with van der Waals surface area (Å²) in [7, 11) is 0. The number of hydrogen-bond acceptors (Lipinski definition) is 3. The predicted octanol–water partition coefficient (Wildman–Crippen LogP) is 0.524. The first-order chi connectivity index (χ1) is 7.63. The second-order valence-electron chi connectivity index (χ2n) is 4.61. The molecule has 1 aliphatic heterocycles. The van der Waals surface area contributed by atoms with Gasteiger partial charge in [-0.2, -0.15) is 0 Å². The molecule has 4 nitrogen and oxygen atoms in total. The van der Waals surface area contributed by atoms with Gasteiger partial charge in [-0.1, -0.05) is 6.92 Å². The largest absolute Gasteiger partial charge is 0.342 e. The molecule has 1 aliphatic rings. The van der Waals surface area contributed by atoms with E-state index in [2.05, 4.69) is 11.8 Å². The summed E-state index contributed by atoms with van der Waals surface area (Å²) in [6.07, 6.45) is 1.16. The Hall–Kier alpha value is -0.610. The molecule has 1 fully saturated rings. The Morgan fingerprint density at radius 1 is 1.44 bits per heavy atom. The van der Waals surface area contributed by atoms with E-state index in [-0.39, 0.29) is 5.91 Å². The first-order valence-corrected chi connectivity index (χ1v) is 6.35. The van der Waals surface area contributed by atoms with Gasteiger partial charge in [0.25, 0.3) is 0 Å². The maximum absolute atomic E-state index is 12.0. The Morgan fingerprint density at radius 2 is 2.06 bits per heavy atom. The van der Waals surface area contributed by atoms with E-state index in [1.807, 2.05) is 18.7 Å². The maximum atomic E-state index is 12.0. The smallest absolute Gasteiger partial charge is 0.236 e. The Balaban J connectivity index is 2.50. The van der Waals surface area contributed by atoms with Crippen LogP contribution >= 0.6 is 0 Å². The number of rotatable bonds is 5. The molecule has 1 amide bonds. The monoisotopic (exact) mass is 227 g/mol. The van der Waals surface area contributed by atoms with Crippen molar-refractivity contribution in [2.24, 2.45) is 11.7 Å². The summed E-state index contributed by atoms with van der Waals surface area (Å²) in [5.74, 6) is 0.854. The van der Waals surface area contributed by atoms with Gasteiger partial charge >= 0.3 is 0 Å². The number of likely N-dealkylation sites (tertiary alicyclic amines) is 1. The second-order valence-corrected chi connectivity index (χ2v) is 4.61. The summed E-state index contributed by atoms with van der Waals surface area (Å²) in [6, 6.07) is 0.388. The van der Waals surface area contributed by atoms with E-state index < -0.39 is 0 Å². The van der Waals surface area contributed by atoms with Crippen molar-refractivity contribution in [2.75, 3.05) is 32.7 Å². The van der Waals surface area contributed by atoms with Crippen molar-refractivity contribution in [1.29, 1.82) is 0 Å². The quantitative estimate of drug-likeness (QED) is 0.745. The van der Waals surface area contributed by atoms with Crippen LogP contribution in [0.1, 0.15) is 27.2 Å². The van der Waals surface area contributed by atoms with Crippen LogP contribution in [0, 0.1) is 5.92 Å². The van der Waals surface area contributed by atoms with Crippen molar-refractivity contribution < 1.29 is 4.79 Å². The van der Waals surface area contributed by atoms with Crippen LogP contribution in [0.25, 0.3) is 0 Å². The van der Waals surface area contributed by atoms with E-state index >= 15 is 0 Å². The predicted molar refractivity (Wildman–Crippen MR) is 66.1 cm³/mol. The van der Waals surface area contributed by atoms with Crippen LogP contribution in [-0.2, 0) is 4.79 Å². The van der Waals surface area contributed by atoms with Gasteiger partial charge in [0.2, 0.25) is 5.91 Å². The summed E-state index contributed by atoms with van der Waals surface area (Å²) in [4.78, 5) is 16.1. The fraction of sp³-hybridized carbons (Fsp3) is 0.917. The summed E-state index contributed by atoms with van der Waals surface area (Å²) in [5, 5.41) is 0. The summed E-state index contributed by atoms with van der Waals surface area (Å²) >= 11 is 0. The average Bonchev–Trinajstić information content (AvgIpc) is 2.61. The minimum Gasteiger partial charge on any atom is -0.342 e. The maximum Gasteiger partial charge on any atom is 0.236 e. The number of likely N-dealkylation sites (N-methyl/N-ethyl adjacent to an activating group) is 1. The Morgan fingerprint density at radius 3 is 2.56 bits per heavy atom. The summed E-state index contributed by atoms with van der Waals surface area (Å²) < 4.78 is 0. The summed E-state index contributed by atoms with van der Waals surface area (Å²) in [6.45, 7) is 10.1. The highest BCUT2D eigenvalue weighted by Gasteiger charge is 2.31. The normalized spacial score (nSPS) is 26.0. The number of nitrogens with two attached hydrogens (primary N) is 1. The van der Waals surface area contributed by atoms with Gasteiger partial charge in [-0.3, -0.25) is 9.69 Å². The first-order valence-electron chi connectivity index (χ1n) is 6.35. The molecule has 2 unspecified atom stereocenters. The van der Waals surface area contributed by atoms with Gasteiger partial charge in [0.1, 0.15) is 0 Å². The topological polar surface area (TPSA) is 49.6 Å². The van der Waals surface area contributed by atoms with Crippen LogP contribution in [0.5, 0.6) is 0 Å². The molecule has 0 spiro atoms. The number of nitrogens with zero attached hydrogens (tertiary/aromatic N) is 2. The van der Waals surface area contributed by atoms with Crippen molar-refractivity contribution in [3.8, 4) is 0 Å². The molecule has 1 saturated heterocycles. The highest BCUT2D eigenvalue weighted by Crippen LogP contribution is 2.22.